The summed E-state index contributed by atoms with van der Waals surface area (Å²) in [5.41, 5.74) is 6.37. The van der Waals surface area contributed by atoms with Crippen LogP contribution < -0.4 is 5.73 Å². The van der Waals surface area contributed by atoms with Gasteiger partial charge in [-0.2, -0.15) is 0 Å². The summed E-state index contributed by atoms with van der Waals surface area (Å²) in [7, 11) is 4.44. The molecule has 0 aliphatic carbocycles. The lowest BCUT2D eigenvalue weighted by Crippen LogP contribution is -2.53. The summed E-state index contributed by atoms with van der Waals surface area (Å²) < 4.78 is 0. The van der Waals surface area contributed by atoms with Gasteiger partial charge in [0.05, 0.1) is 0 Å². The van der Waals surface area contributed by atoms with Crippen LogP contribution in [-0.2, 0) is 0 Å². The van der Waals surface area contributed by atoms with Gasteiger partial charge >= 0.3 is 0 Å². The van der Waals surface area contributed by atoms with Crippen molar-refractivity contribution in [1.29, 1.82) is 0 Å². The first kappa shape index (κ1) is 14.0. The molecule has 1 aliphatic rings. The Morgan fingerprint density at radius 2 is 1.81 bits per heavy atom. The van der Waals surface area contributed by atoms with Crippen LogP contribution >= 0.6 is 0 Å². The van der Waals surface area contributed by atoms with Crippen molar-refractivity contribution >= 4 is 7.85 Å². The molecule has 1 fully saturated rings. The first-order valence-electron chi connectivity index (χ1n) is 6.73. The van der Waals surface area contributed by atoms with Gasteiger partial charge < -0.3 is 10.6 Å². The van der Waals surface area contributed by atoms with Crippen LogP contribution in [0.3, 0.4) is 0 Å². The molecule has 2 N–H and O–H groups in total. The van der Waals surface area contributed by atoms with Gasteiger partial charge in [-0.25, -0.2) is 0 Å². The van der Waals surface area contributed by atoms with E-state index in [1.807, 2.05) is 0 Å². The third-order valence-electron chi connectivity index (χ3n) is 3.53. The molecular formula is C12H28BN3. The molecule has 1 atom stereocenters. The maximum atomic E-state index is 6.37. The molecule has 0 aromatic heterocycles. The van der Waals surface area contributed by atoms with Crippen molar-refractivity contribution in [1.82, 2.24) is 9.80 Å². The van der Waals surface area contributed by atoms with E-state index in [1.54, 1.807) is 0 Å². The van der Waals surface area contributed by atoms with Crippen LogP contribution in [0.1, 0.15) is 26.2 Å². The van der Waals surface area contributed by atoms with Crippen LogP contribution in [0, 0.1) is 0 Å². The lowest BCUT2D eigenvalue weighted by molar-refractivity contribution is 0.127. The highest BCUT2D eigenvalue weighted by Gasteiger charge is 2.23. The zero-order valence-corrected chi connectivity index (χ0v) is 11.3. The Balaban J connectivity index is 2.23. The minimum Gasteiger partial charge on any atom is -0.324 e. The van der Waals surface area contributed by atoms with Crippen LogP contribution in [0.15, 0.2) is 0 Å². The Kier molecular flexibility index (Phi) is 5.80. The van der Waals surface area contributed by atoms with Gasteiger partial charge in [0.15, 0.2) is 0 Å². The second-order valence-corrected chi connectivity index (χ2v) is 5.69. The summed E-state index contributed by atoms with van der Waals surface area (Å²) >= 11 is 0. The standard InChI is InChI=1S/C12H28BN3/c1-12(14,5-3-4-6-13)11-16-9-7-15(2)8-10-16/h3-11,13-14H2,1-2H3. The molecule has 1 heterocycles. The van der Waals surface area contributed by atoms with Crippen LogP contribution in [-0.4, -0.2) is 63.0 Å². The molecule has 0 spiro atoms. The van der Waals surface area contributed by atoms with E-state index in [9.17, 15) is 0 Å². The first-order valence-corrected chi connectivity index (χ1v) is 6.73. The fraction of sp³-hybridized carbons (Fsp3) is 1.00. The Labute approximate surface area is 102 Å². The topological polar surface area (TPSA) is 32.5 Å². The van der Waals surface area contributed by atoms with E-state index in [0.29, 0.717) is 0 Å². The number of likely N-dealkylation sites (N-methyl/N-ethyl adjacent to an activating group) is 1. The SMILES string of the molecule is BCCCCC(C)(N)CN1CCN(C)CC1. The fourth-order valence-corrected chi connectivity index (χ4v) is 2.37. The first-order chi connectivity index (χ1) is 7.53. The van der Waals surface area contributed by atoms with Crippen LogP contribution in [0.2, 0.25) is 6.32 Å². The molecular weight excluding hydrogens is 197 g/mol. The average molecular weight is 225 g/mol. The van der Waals surface area contributed by atoms with Gasteiger partial charge in [0, 0.05) is 38.3 Å². The van der Waals surface area contributed by atoms with E-state index < -0.39 is 0 Å². The molecule has 1 aliphatic heterocycles. The molecule has 4 heteroatoms. The highest BCUT2D eigenvalue weighted by atomic mass is 15.3. The predicted molar refractivity (Wildman–Crippen MR) is 73.7 cm³/mol. The molecule has 0 radical (unpaired) electrons. The van der Waals surface area contributed by atoms with E-state index in [-0.39, 0.29) is 5.54 Å². The molecule has 0 saturated carbocycles. The van der Waals surface area contributed by atoms with E-state index in [4.69, 9.17) is 5.73 Å². The number of nitrogens with zero attached hydrogens (tertiary/aromatic N) is 2. The Morgan fingerprint density at radius 3 is 2.38 bits per heavy atom. The van der Waals surface area contributed by atoms with Crippen LogP contribution in [0.4, 0.5) is 0 Å². The summed E-state index contributed by atoms with van der Waals surface area (Å²) in [5.74, 6) is 0. The van der Waals surface area contributed by atoms with Crippen molar-refractivity contribution in [3.8, 4) is 0 Å². The lowest BCUT2D eigenvalue weighted by Gasteiger charge is -2.37. The summed E-state index contributed by atoms with van der Waals surface area (Å²) in [4.78, 5) is 4.91. The molecule has 94 valence electrons. The molecule has 0 bridgehead atoms. The van der Waals surface area contributed by atoms with E-state index in [2.05, 4.69) is 31.6 Å². The zero-order valence-electron chi connectivity index (χ0n) is 11.3. The highest BCUT2D eigenvalue weighted by Crippen LogP contribution is 2.14. The smallest absolute Gasteiger partial charge is 0.101 e. The van der Waals surface area contributed by atoms with Crippen molar-refractivity contribution in [2.75, 3.05) is 39.8 Å². The molecule has 3 nitrogen and oxygen atoms in total. The Hall–Kier alpha value is -0.0551. The average Bonchev–Trinajstić information content (AvgIpc) is 2.21. The number of hydrogen-bond donors (Lipinski definition) is 1. The zero-order chi connectivity index (χ0) is 12.0. The second-order valence-electron chi connectivity index (χ2n) is 5.69. The third kappa shape index (κ3) is 5.33. The van der Waals surface area contributed by atoms with Gasteiger partial charge in [-0.1, -0.05) is 19.2 Å². The molecule has 0 amide bonds. The predicted octanol–water partition coefficient (Wildman–Crippen LogP) is 0.173. The minimum atomic E-state index is 0.00504. The van der Waals surface area contributed by atoms with Crippen molar-refractivity contribution < 1.29 is 0 Å². The van der Waals surface area contributed by atoms with Crippen molar-refractivity contribution in [2.45, 2.75) is 38.0 Å². The largest absolute Gasteiger partial charge is 0.324 e. The van der Waals surface area contributed by atoms with Gasteiger partial charge in [-0.15, -0.1) is 0 Å². The van der Waals surface area contributed by atoms with Crippen LogP contribution in [0.25, 0.3) is 0 Å². The highest BCUT2D eigenvalue weighted by molar-refractivity contribution is 6.08. The fourth-order valence-electron chi connectivity index (χ4n) is 2.37. The summed E-state index contributed by atoms with van der Waals surface area (Å²) in [6, 6.07) is 0. The summed E-state index contributed by atoms with van der Waals surface area (Å²) in [6.07, 6.45) is 5.03. The molecule has 1 unspecified atom stereocenters. The number of nitrogens with two attached hydrogens (primary N) is 1. The quantitative estimate of drug-likeness (QED) is 0.516. The van der Waals surface area contributed by atoms with Crippen molar-refractivity contribution in [3.05, 3.63) is 0 Å². The van der Waals surface area contributed by atoms with Crippen molar-refractivity contribution in [3.63, 3.8) is 0 Å². The molecule has 16 heavy (non-hydrogen) atoms. The minimum absolute atomic E-state index is 0.00504. The number of unbranched alkanes of at least 4 members (excludes halogenated alkanes) is 1. The Morgan fingerprint density at radius 1 is 1.19 bits per heavy atom. The maximum Gasteiger partial charge on any atom is 0.101 e. The number of piperazine rings is 1. The second kappa shape index (κ2) is 6.62. The maximum absolute atomic E-state index is 6.37. The van der Waals surface area contributed by atoms with E-state index in [1.165, 1.54) is 45.3 Å². The number of hydrogen-bond acceptors (Lipinski definition) is 3. The number of rotatable bonds is 6. The van der Waals surface area contributed by atoms with Gasteiger partial charge in [0.2, 0.25) is 0 Å². The Bertz CT molecular complexity index is 189. The summed E-state index contributed by atoms with van der Waals surface area (Å²) in [5, 5.41) is 0. The van der Waals surface area contributed by atoms with Crippen LogP contribution in [0.5, 0.6) is 0 Å². The monoisotopic (exact) mass is 225 g/mol. The lowest BCUT2D eigenvalue weighted by atomic mass is 9.91. The van der Waals surface area contributed by atoms with E-state index in [0.717, 1.165) is 13.0 Å². The van der Waals surface area contributed by atoms with Gasteiger partial charge in [0.1, 0.15) is 7.85 Å². The molecule has 0 aromatic rings. The third-order valence-corrected chi connectivity index (χ3v) is 3.53. The van der Waals surface area contributed by atoms with Gasteiger partial charge in [-0.05, 0) is 20.4 Å². The van der Waals surface area contributed by atoms with Gasteiger partial charge in [0.25, 0.3) is 0 Å². The summed E-state index contributed by atoms with van der Waals surface area (Å²) in [6.45, 7) is 8.00. The molecule has 1 rings (SSSR count). The van der Waals surface area contributed by atoms with Crippen molar-refractivity contribution in [2.24, 2.45) is 5.73 Å². The van der Waals surface area contributed by atoms with E-state index >= 15 is 0 Å². The normalized spacial score (nSPS) is 23.2. The van der Waals surface area contributed by atoms with Gasteiger partial charge in [-0.3, -0.25) is 4.90 Å². The molecule has 0 aromatic carbocycles. The molecule has 1 saturated heterocycles.